The largest absolute Gasteiger partial charge is 0.435 e. The molecule has 1 N–H and O–H groups in total. The summed E-state index contributed by atoms with van der Waals surface area (Å²) in [6.45, 7) is 3.32. The van der Waals surface area contributed by atoms with E-state index in [1.165, 1.54) is 13.8 Å². The van der Waals surface area contributed by atoms with Gasteiger partial charge in [-0.3, -0.25) is 14.2 Å². The molecule has 0 aliphatic rings. The van der Waals surface area contributed by atoms with Crippen molar-refractivity contribution in [3.63, 3.8) is 0 Å². The van der Waals surface area contributed by atoms with E-state index in [0.29, 0.717) is 16.6 Å². The zero-order valence-corrected chi connectivity index (χ0v) is 16.8. The number of halogens is 5. The molecule has 3 aromatic rings. The Hall–Kier alpha value is -2.52. The minimum atomic E-state index is -4.57. The first-order chi connectivity index (χ1) is 13.5. The van der Waals surface area contributed by atoms with Crippen molar-refractivity contribution in [1.29, 1.82) is 0 Å². The van der Waals surface area contributed by atoms with Crippen molar-refractivity contribution < 1.29 is 18.0 Å². The Morgan fingerprint density at radius 3 is 2.52 bits per heavy atom. The number of nitrogens with one attached hydrogen (secondary N) is 1. The van der Waals surface area contributed by atoms with Crippen molar-refractivity contribution >= 4 is 34.9 Å². The van der Waals surface area contributed by atoms with Crippen molar-refractivity contribution in [1.82, 2.24) is 19.6 Å². The van der Waals surface area contributed by atoms with Crippen LogP contribution in [0.25, 0.3) is 0 Å². The molecule has 29 heavy (non-hydrogen) atoms. The standard InChI is InChI=1S/C18H16Cl2F3N5O/c1-10-7-15(18(21,22)23)25-28(10)11(2)17(29)24-16-5-6-27(26-16)9-12-3-4-13(19)14(20)8-12/h3-8,11H,9H2,1-2H3,(H,24,26,29). The molecular formula is C18H16Cl2F3N5O. The van der Waals surface area contributed by atoms with Gasteiger partial charge in [0, 0.05) is 18.0 Å². The third kappa shape index (κ3) is 4.91. The van der Waals surface area contributed by atoms with Crippen LogP contribution in [0.1, 0.15) is 29.9 Å². The van der Waals surface area contributed by atoms with Gasteiger partial charge in [0.1, 0.15) is 6.04 Å². The summed E-state index contributed by atoms with van der Waals surface area (Å²) in [7, 11) is 0. The lowest BCUT2D eigenvalue weighted by atomic mass is 10.2. The van der Waals surface area contributed by atoms with Gasteiger partial charge in [0.2, 0.25) is 5.91 Å². The van der Waals surface area contributed by atoms with Gasteiger partial charge in [0.05, 0.1) is 16.6 Å². The molecule has 1 amide bonds. The Morgan fingerprint density at radius 2 is 1.90 bits per heavy atom. The van der Waals surface area contributed by atoms with Gasteiger partial charge in [0.25, 0.3) is 0 Å². The lowest BCUT2D eigenvalue weighted by Crippen LogP contribution is -2.26. The molecule has 0 aliphatic heterocycles. The monoisotopic (exact) mass is 445 g/mol. The van der Waals surface area contributed by atoms with Gasteiger partial charge in [0.15, 0.2) is 11.5 Å². The predicted molar refractivity (Wildman–Crippen MR) is 103 cm³/mol. The van der Waals surface area contributed by atoms with Crippen molar-refractivity contribution in [2.75, 3.05) is 5.32 Å². The van der Waals surface area contributed by atoms with Crippen molar-refractivity contribution in [3.8, 4) is 0 Å². The van der Waals surface area contributed by atoms with Crippen LogP contribution >= 0.6 is 23.2 Å². The lowest BCUT2D eigenvalue weighted by molar-refractivity contribution is -0.141. The molecule has 11 heteroatoms. The van der Waals surface area contributed by atoms with E-state index in [1.54, 1.807) is 35.1 Å². The number of alkyl halides is 3. The molecule has 0 bridgehead atoms. The van der Waals surface area contributed by atoms with Gasteiger partial charge in [-0.15, -0.1) is 0 Å². The number of carbonyl (C=O) groups is 1. The smallest absolute Gasteiger partial charge is 0.307 e. The number of hydrogen-bond donors (Lipinski definition) is 1. The van der Waals surface area contributed by atoms with Crippen LogP contribution in [0.2, 0.25) is 10.0 Å². The summed E-state index contributed by atoms with van der Waals surface area (Å²) < 4.78 is 41.1. The van der Waals surface area contributed by atoms with Gasteiger partial charge in [-0.1, -0.05) is 29.3 Å². The second-order valence-electron chi connectivity index (χ2n) is 6.43. The van der Waals surface area contributed by atoms with Crippen LogP contribution in [-0.4, -0.2) is 25.5 Å². The SMILES string of the molecule is Cc1cc(C(F)(F)F)nn1C(C)C(=O)Nc1ccn(Cc2ccc(Cl)c(Cl)c2)n1. The Bertz CT molecular complexity index is 1040. The molecule has 6 nitrogen and oxygen atoms in total. The summed E-state index contributed by atoms with van der Waals surface area (Å²) in [5.74, 6) is -0.271. The zero-order chi connectivity index (χ0) is 21.3. The van der Waals surface area contributed by atoms with Gasteiger partial charge in [-0.25, -0.2) is 0 Å². The third-order valence-corrected chi connectivity index (χ3v) is 4.92. The highest BCUT2D eigenvalue weighted by molar-refractivity contribution is 6.42. The van der Waals surface area contributed by atoms with Crippen molar-refractivity contribution in [2.24, 2.45) is 0 Å². The minimum absolute atomic E-state index is 0.227. The molecule has 0 radical (unpaired) electrons. The number of aryl methyl sites for hydroxylation is 1. The number of carbonyl (C=O) groups excluding carboxylic acids is 1. The number of aromatic nitrogens is 4. The van der Waals surface area contributed by atoms with E-state index in [2.05, 4.69) is 15.5 Å². The van der Waals surface area contributed by atoms with Crippen LogP contribution in [0.3, 0.4) is 0 Å². The molecule has 2 heterocycles. The first-order valence-corrected chi connectivity index (χ1v) is 9.22. The number of amides is 1. The summed E-state index contributed by atoms with van der Waals surface area (Å²) >= 11 is 11.9. The maximum absolute atomic E-state index is 12.8. The van der Waals surface area contributed by atoms with Gasteiger partial charge >= 0.3 is 6.18 Å². The van der Waals surface area contributed by atoms with E-state index in [4.69, 9.17) is 23.2 Å². The van der Waals surface area contributed by atoms with Gasteiger partial charge < -0.3 is 5.32 Å². The quantitative estimate of drug-likeness (QED) is 0.603. The van der Waals surface area contributed by atoms with E-state index in [0.717, 1.165) is 16.3 Å². The van der Waals surface area contributed by atoms with E-state index < -0.39 is 23.8 Å². The van der Waals surface area contributed by atoms with E-state index in [-0.39, 0.29) is 11.5 Å². The van der Waals surface area contributed by atoms with E-state index in [1.807, 2.05) is 0 Å². The van der Waals surface area contributed by atoms with Gasteiger partial charge in [-0.2, -0.15) is 23.4 Å². The zero-order valence-electron chi connectivity index (χ0n) is 15.3. The van der Waals surface area contributed by atoms with Crippen LogP contribution < -0.4 is 5.32 Å². The maximum Gasteiger partial charge on any atom is 0.435 e. The molecule has 1 unspecified atom stereocenters. The second kappa shape index (κ2) is 8.08. The molecule has 154 valence electrons. The highest BCUT2D eigenvalue weighted by Crippen LogP contribution is 2.29. The molecule has 2 aromatic heterocycles. The highest BCUT2D eigenvalue weighted by atomic mass is 35.5. The Kier molecular flexibility index (Phi) is 5.90. The molecule has 0 saturated carbocycles. The summed E-state index contributed by atoms with van der Waals surface area (Å²) in [6, 6.07) is 6.72. The summed E-state index contributed by atoms with van der Waals surface area (Å²) in [5, 5.41) is 11.2. The molecule has 0 spiro atoms. The van der Waals surface area contributed by atoms with E-state index >= 15 is 0 Å². The summed E-state index contributed by atoms with van der Waals surface area (Å²) in [6.07, 6.45) is -2.92. The van der Waals surface area contributed by atoms with Crippen LogP contribution in [0.15, 0.2) is 36.5 Å². The first kappa shape index (κ1) is 21.2. The van der Waals surface area contributed by atoms with Crippen LogP contribution in [0, 0.1) is 6.92 Å². The van der Waals surface area contributed by atoms with Crippen molar-refractivity contribution in [3.05, 3.63) is 63.5 Å². The van der Waals surface area contributed by atoms with Gasteiger partial charge in [-0.05, 0) is 37.6 Å². The second-order valence-corrected chi connectivity index (χ2v) is 7.24. The molecule has 0 fully saturated rings. The fraction of sp³-hybridized carbons (Fsp3) is 0.278. The number of anilines is 1. The number of nitrogens with zero attached hydrogens (tertiary/aromatic N) is 4. The molecule has 0 aliphatic carbocycles. The summed E-state index contributed by atoms with van der Waals surface area (Å²) in [4.78, 5) is 12.4. The lowest BCUT2D eigenvalue weighted by Gasteiger charge is -2.13. The fourth-order valence-corrected chi connectivity index (χ4v) is 3.02. The highest BCUT2D eigenvalue weighted by Gasteiger charge is 2.35. The average molecular weight is 446 g/mol. The molecule has 0 saturated heterocycles. The topological polar surface area (TPSA) is 64.7 Å². The van der Waals surface area contributed by atoms with Crippen LogP contribution in [-0.2, 0) is 17.5 Å². The summed E-state index contributed by atoms with van der Waals surface area (Å²) in [5.41, 5.74) is 0.0475. The Balaban J connectivity index is 1.68. The van der Waals surface area contributed by atoms with E-state index in [9.17, 15) is 18.0 Å². The average Bonchev–Trinajstić information content (AvgIpc) is 3.23. The Labute approximate surface area is 174 Å². The normalized spacial score (nSPS) is 12.8. The number of hydrogen-bond acceptors (Lipinski definition) is 3. The molecule has 1 aromatic carbocycles. The predicted octanol–water partition coefficient (Wildman–Crippen LogP) is 4.96. The maximum atomic E-state index is 12.8. The minimum Gasteiger partial charge on any atom is -0.307 e. The number of rotatable bonds is 5. The fourth-order valence-electron chi connectivity index (χ4n) is 2.70. The van der Waals surface area contributed by atoms with Crippen LogP contribution in [0.4, 0.5) is 19.0 Å². The molecule has 3 rings (SSSR count). The van der Waals surface area contributed by atoms with Crippen LogP contribution in [0.5, 0.6) is 0 Å². The Morgan fingerprint density at radius 1 is 1.17 bits per heavy atom. The molecular weight excluding hydrogens is 430 g/mol. The first-order valence-electron chi connectivity index (χ1n) is 8.46. The molecule has 1 atom stereocenters. The third-order valence-electron chi connectivity index (χ3n) is 4.18. The number of benzene rings is 1. The van der Waals surface area contributed by atoms with Crippen molar-refractivity contribution in [2.45, 2.75) is 32.6 Å².